The molecule has 0 spiro atoms. The smallest absolute Gasteiger partial charge is 0.194 e. The van der Waals surface area contributed by atoms with Crippen LogP contribution in [0.1, 0.15) is 0 Å². The zero-order valence-corrected chi connectivity index (χ0v) is 6.91. The monoisotopic (exact) mass is 254 g/mol. The number of alkyl halides is 4. The average molecular weight is 254 g/mol. The van der Waals surface area contributed by atoms with Crippen molar-refractivity contribution in [1.29, 1.82) is 0 Å². The molecule has 0 aliphatic rings. The molecule has 0 saturated heterocycles. The summed E-state index contributed by atoms with van der Waals surface area (Å²) >= 11 is 0. The number of hydrogen-bond acceptors (Lipinski definition) is 0. The Hall–Kier alpha value is -0.540. The van der Waals surface area contributed by atoms with Crippen molar-refractivity contribution in [3.8, 4) is 0 Å². The Kier molecular flexibility index (Phi) is 2.09. The molecule has 0 aliphatic heterocycles. The van der Waals surface area contributed by atoms with E-state index in [1.807, 2.05) is 6.58 Å². The largest absolute Gasteiger partial charge is 0.447 e. The van der Waals surface area contributed by atoms with Crippen molar-refractivity contribution in [2.45, 2.75) is 11.2 Å². The summed E-state index contributed by atoms with van der Waals surface area (Å²) in [6, 6.07) is 0. The lowest BCUT2D eigenvalue weighted by Crippen LogP contribution is -2.47. The molecule has 0 nitrogen and oxygen atoms in total. The van der Waals surface area contributed by atoms with Crippen LogP contribution in [-0.2, 0) is 0 Å². The molecule has 0 fully saturated rings. The molecule has 88 valence electrons. The molecule has 14 heavy (non-hydrogen) atoms. The normalized spacial score (nSPS) is 19.8. The van der Waals surface area contributed by atoms with Crippen molar-refractivity contribution >= 4 is 10.2 Å². The van der Waals surface area contributed by atoms with Gasteiger partial charge in [-0.15, -0.1) is 0 Å². The molecule has 10 heteroatoms. The van der Waals surface area contributed by atoms with Gasteiger partial charge in [0.1, 0.15) is 0 Å². The van der Waals surface area contributed by atoms with E-state index in [0.29, 0.717) is 0 Å². The van der Waals surface area contributed by atoms with Gasteiger partial charge < -0.3 is 0 Å². The van der Waals surface area contributed by atoms with Crippen molar-refractivity contribution in [1.82, 2.24) is 0 Å². The zero-order valence-electron chi connectivity index (χ0n) is 6.09. The highest BCUT2D eigenvalue weighted by Crippen LogP contribution is 3.05. The summed E-state index contributed by atoms with van der Waals surface area (Å²) in [6.45, 7) is 1.93. The molecule has 0 aromatic rings. The van der Waals surface area contributed by atoms with Crippen molar-refractivity contribution in [3.63, 3.8) is 0 Å². The maximum Gasteiger partial charge on any atom is 0.447 e. The fourth-order valence-corrected chi connectivity index (χ4v) is 0.974. The molecule has 0 radical (unpaired) electrons. The standard InChI is InChI=1S/C4H3F9S/c1-2-3(5,6)4(7,8)14(9,10,11,12)13/h2H,1H2. The van der Waals surface area contributed by atoms with Crippen LogP contribution in [0.4, 0.5) is 37.0 Å². The lowest BCUT2D eigenvalue weighted by atomic mass is 10.3. The third-order valence-electron chi connectivity index (χ3n) is 1.13. The molecular formula is C4H3F9S. The van der Waals surface area contributed by atoms with Crippen molar-refractivity contribution < 1.29 is 37.0 Å². The van der Waals surface area contributed by atoms with Crippen LogP contribution in [0.2, 0.25) is 0 Å². The zero-order chi connectivity index (χ0) is 12.1. The van der Waals surface area contributed by atoms with Crippen molar-refractivity contribution in [3.05, 3.63) is 12.7 Å². The predicted molar refractivity (Wildman–Crippen MR) is 33.2 cm³/mol. The first-order valence-electron chi connectivity index (χ1n) is 2.68. The first-order valence-corrected chi connectivity index (χ1v) is 4.63. The molecule has 0 amide bonds. The van der Waals surface area contributed by atoms with E-state index in [1.165, 1.54) is 0 Å². The van der Waals surface area contributed by atoms with Gasteiger partial charge in [-0.1, -0.05) is 26.0 Å². The Morgan fingerprint density at radius 1 is 0.857 bits per heavy atom. The van der Waals surface area contributed by atoms with Gasteiger partial charge in [0.2, 0.25) is 0 Å². The van der Waals surface area contributed by atoms with Gasteiger partial charge in [-0.2, -0.15) is 17.6 Å². The van der Waals surface area contributed by atoms with Crippen LogP contribution in [0.15, 0.2) is 12.7 Å². The summed E-state index contributed by atoms with van der Waals surface area (Å²) in [6.07, 6.45) is -1.18. The highest BCUT2D eigenvalue weighted by atomic mass is 32.5. The molecular weight excluding hydrogens is 251 g/mol. The molecule has 0 aliphatic carbocycles. The Morgan fingerprint density at radius 3 is 1.21 bits per heavy atom. The third-order valence-corrected chi connectivity index (χ3v) is 2.37. The minimum absolute atomic E-state index is 1.18. The maximum absolute atomic E-state index is 11.9. The van der Waals surface area contributed by atoms with E-state index in [9.17, 15) is 37.0 Å². The van der Waals surface area contributed by atoms with Crippen LogP contribution in [-0.4, -0.2) is 11.2 Å². The second-order valence-corrected chi connectivity index (χ2v) is 4.76. The average Bonchev–Trinajstić information content (AvgIpc) is 1.81. The van der Waals surface area contributed by atoms with Crippen molar-refractivity contribution in [2.24, 2.45) is 0 Å². The second-order valence-electron chi connectivity index (χ2n) is 2.31. The summed E-state index contributed by atoms with van der Waals surface area (Å²) in [5.74, 6) is -6.05. The van der Waals surface area contributed by atoms with E-state index in [-0.39, 0.29) is 0 Å². The van der Waals surface area contributed by atoms with Crippen molar-refractivity contribution in [2.75, 3.05) is 0 Å². The first kappa shape index (κ1) is 13.5. The fourth-order valence-electron chi connectivity index (χ4n) is 0.376. The Bertz CT molecular complexity index is 256. The van der Waals surface area contributed by atoms with E-state index < -0.39 is 27.5 Å². The van der Waals surface area contributed by atoms with Gasteiger partial charge in [0.05, 0.1) is 0 Å². The molecule has 0 aromatic heterocycles. The van der Waals surface area contributed by atoms with Crippen LogP contribution in [0.25, 0.3) is 0 Å². The Morgan fingerprint density at radius 2 is 1.14 bits per heavy atom. The molecule has 0 bridgehead atoms. The number of halogens is 9. The minimum Gasteiger partial charge on any atom is -0.194 e. The summed E-state index contributed by atoms with van der Waals surface area (Å²) < 4.78 is 104. The predicted octanol–water partition coefficient (Wildman–Crippen LogP) is 4.70. The maximum atomic E-state index is 11.9. The van der Waals surface area contributed by atoms with Gasteiger partial charge in [-0.05, 0) is 6.08 Å². The molecule has 0 heterocycles. The van der Waals surface area contributed by atoms with Gasteiger partial charge >= 0.3 is 21.4 Å². The van der Waals surface area contributed by atoms with E-state index >= 15 is 0 Å². The SMILES string of the molecule is C=CC(F)(F)C(F)(F)S(F)(F)(F)(F)F. The van der Waals surface area contributed by atoms with E-state index in [2.05, 4.69) is 0 Å². The summed E-state index contributed by atoms with van der Waals surface area (Å²) in [5.41, 5.74) is 0. The molecule has 0 N–H and O–H groups in total. The topological polar surface area (TPSA) is 0 Å². The fraction of sp³-hybridized carbons (Fsp3) is 0.500. The second kappa shape index (κ2) is 2.17. The van der Waals surface area contributed by atoms with E-state index in [1.54, 1.807) is 0 Å². The highest BCUT2D eigenvalue weighted by Gasteiger charge is 2.90. The van der Waals surface area contributed by atoms with E-state index in [4.69, 9.17) is 0 Å². The number of allylic oxidation sites excluding steroid dienone is 1. The van der Waals surface area contributed by atoms with Gasteiger partial charge in [0.15, 0.2) is 0 Å². The van der Waals surface area contributed by atoms with Gasteiger partial charge in [-0.3, -0.25) is 0 Å². The molecule has 0 saturated carbocycles. The quantitative estimate of drug-likeness (QED) is 0.506. The first-order chi connectivity index (χ1) is 5.56. The lowest BCUT2D eigenvalue weighted by Gasteiger charge is -2.47. The van der Waals surface area contributed by atoms with Crippen LogP contribution in [0.3, 0.4) is 0 Å². The summed E-state index contributed by atoms with van der Waals surface area (Å²) in [7, 11) is -11.6. The van der Waals surface area contributed by atoms with Crippen LogP contribution in [0, 0.1) is 0 Å². The summed E-state index contributed by atoms with van der Waals surface area (Å²) in [5, 5.41) is -7.41. The molecule has 0 rings (SSSR count). The molecule has 0 aromatic carbocycles. The van der Waals surface area contributed by atoms with Gasteiger partial charge in [0, 0.05) is 0 Å². The van der Waals surface area contributed by atoms with Crippen LogP contribution < -0.4 is 0 Å². The lowest BCUT2D eigenvalue weighted by molar-refractivity contribution is -0.142. The number of rotatable bonds is 3. The molecule has 0 unspecified atom stereocenters. The Balaban J connectivity index is 5.75. The van der Waals surface area contributed by atoms with Crippen LogP contribution in [0.5, 0.6) is 0 Å². The summed E-state index contributed by atoms with van der Waals surface area (Å²) in [4.78, 5) is 0. The third kappa shape index (κ3) is 1.79. The highest BCUT2D eigenvalue weighted by molar-refractivity contribution is 8.46. The van der Waals surface area contributed by atoms with Gasteiger partial charge in [0.25, 0.3) is 0 Å². The van der Waals surface area contributed by atoms with Crippen LogP contribution >= 0.6 is 10.2 Å². The van der Waals surface area contributed by atoms with E-state index in [0.717, 1.165) is 0 Å². The number of hydrogen-bond donors (Lipinski definition) is 0. The Labute approximate surface area is 72.1 Å². The molecule has 0 atom stereocenters. The minimum atomic E-state index is -11.6. The van der Waals surface area contributed by atoms with Gasteiger partial charge in [-0.25, -0.2) is 0 Å².